The summed E-state index contributed by atoms with van der Waals surface area (Å²) < 4.78 is 5.38. The highest BCUT2D eigenvalue weighted by atomic mass is 16.5. The lowest BCUT2D eigenvalue weighted by Gasteiger charge is -2.05. The highest BCUT2D eigenvalue weighted by Gasteiger charge is 2.69. The van der Waals surface area contributed by atoms with Gasteiger partial charge >= 0.3 is 5.97 Å². The number of carbonyl (C=O) groups excluding carboxylic acids is 1. The first kappa shape index (κ1) is 13.1. The van der Waals surface area contributed by atoms with E-state index in [2.05, 4.69) is 32.7 Å². The molecule has 0 atom stereocenters. The van der Waals surface area contributed by atoms with Crippen LogP contribution in [0.3, 0.4) is 0 Å². The molecular formula is C15H21NO2. The Balaban J connectivity index is 1.81. The molecule has 0 bridgehead atoms. The van der Waals surface area contributed by atoms with Crippen molar-refractivity contribution in [1.82, 2.24) is 4.98 Å². The maximum absolute atomic E-state index is 12.0. The van der Waals surface area contributed by atoms with Gasteiger partial charge in [-0.2, -0.15) is 0 Å². The summed E-state index contributed by atoms with van der Waals surface area (Å²) in [4.78, 5) is 15.9. The van der Waals surface area contributed by atoms with Crippen LogP contribution in [0.5, 0.6) is 0 Å². The number of carbonyl (C=O) groups is 1. The Morgan fingerprint density at radius 2 is 1.78 bits per heavy atom. The van der Waals surface area contributed by atoms with Gasteiger partial charge in [-0.25, -0.2) is 0 Å². The zero-order valence-electron chi connectivity index (χ0n) is 11.6. The van der Waals surface area contributed by atoms with E-state index in [0.717, 1.165) is 12.0 Å². The van der Waals surface area contributed by atoms with Crippen molar-refractivity contribution >= 4 is 5.97 Å². The van der Waals surface area contributed by atoms with E-state index in [1.54, 1.807) is 12.4 Å². The number of aromatic nitrogens is 1. The molecule has 18 heavy (non-hydrogen) atoms. The van der Waals surface area contributed by atoms with Gasteiger partial charge in [-0.05, 0) is 28.5 Å². The normalized spacial score (nSPS) is 20.4. The van der Waals surface area contributed by atoms with Gasteiger partial charge in [-0.3, -0.25) is 9.78 Å². The van der Waals surface area contributed by atoms with Gasteiger partial charge in [0.1, 0.15) is 0 Å². The second-order valence-corrected chi connectivity index (χ2v) is 6.15. The van der Waals surface area contributed by atoms with Crippen LogP contribution in [0.4, 0.5) is 0 Å². The van der Waals surface area contributed by atoms with Crippen LogP contribution >= 0.6 is 0 Å². The molecule has 0 aliphatic heterocycles. The molecule has 1 fully saturated rings. The van der Waals surface area contributed by atoms with Gasteiger partial charge in [0.05, 0.1) is 12.5 Å². The Bertz CT molecular complexity index is 423. The van der Waals surface area contributed by atoms with Crippen LogP contribution in [0.25, 0.3) is 0 Å². The Kier molecular flexibility index (Phi) is 3.18. The standard InChI is InChI=1S/C15H21NO2/c1-14(2)12(15(14,3)4)13(17)18-10-7-11-5-8-16-9-6-11/h5-6,8-9,12H,7,10H2,1-4H3. The van der Waals surface area contributed by atoms with Crippen molar-refractivity contribution in [2.45, 2.75) is 34.1 Å². The lowest BCUT2D eigenvalue weighted by Crippen LogP contribution is -2.13. The summed E-state index contributed by atoms with van der Waals surface area (Å²) >= 11 is 0. The summed E-state index contributed by atoms with van der Waals surface area (Å²) in [7, 11) is 0. The summed E-state index contributed by atoms with van der Waals surface area (Å²) in [5.74, 6) is -0.0264. The first-order valence-corrected chi connectivity index (χ1v) is 6.43. The third kappa shape index (κ3) is 2.14. The molecule has 3 heteroatoms. The van der Waals surface area contributed by atoms with Crippen LogP contribution in [0.1, 0.15) is 33.3 Å². The van der Waals surface area contributed by atoms with Gasteiger partial charge in [0.25, 0.3) is 0 Å². The highest BCUT2D eigenvalue weighted by molar-refractivity contribution is 5.78. The van der Waals surface area contributed by atoms with Gasteiger partial charge in [-0.1, -0.05) is 27.7 Å². The fourth-order valence-corrected chi connectivity index (χ4v) is 2.69. The number of ether oxygens (including phenoxy) is 1. The molecule has 1 aromatic rings. The summed E-state index contributed by atoms with van der Waals surface area (Å²) in [6.45, 7) is 8.96. The summed E-state index contributed by atoms with van der Waals surface area (Å²) in [6, 6.07) is 3.89. The molecule has 0 aromatic carbocycles. The Labute approximate surface area is 109 Å². The van der Waals surface area contributed by atoms with Crippen LogP contribution in [0.2, 0.25) is 0 Å². The van der Waals surface area contributed by atoms with E-state index in [4.69, 9.17) is 4.74 Å². The number of rotatable bonds is 4. The van der Waals surface area contributed by atoms with Crippen LogP contribution < -0.4 is 0 Å². The Hall–Kier alpha value is -1.38. The van der Waals surface area contributed by atoms with E-state index < -0.39 is 0 Å². The molecule has 98 valence electrons. The lowest BCUT2D eigenvalue weighted by atomic mass is 10.0. The minimum atomic E-state index is -0.0564. The van der Waals surface area contributed by atoms with Crippen LogP contribution in [0, 0.1) is 16.7 Å². The number of hydrogen-bond donors (Lipinski definition) is 0. The van der Waals surface area contributed by atoms with Crippen molar-refractivity contribution in [1.29, 1.82) is 0 Å². The van der Waals surface area contributed by atoms with Gasteiger partial charge < -0.3 is 4.74 Å². The van der Waals surface area contributed by atoms with E-state index in [0.29, 0.717) is 6.61 Å². The molecule has 0 unspecified atom stereocenters. The van der Waals surface area contributed by atoms with E-state index in [1.165, 1.54) is 0 Å². The maximum Gasteiger partial charge on any atom is 0.310 e. The van der Waals surface area contributed by atoms with Crippen LogP contribution in [0.15, 0.2) is 24.5 Å². The molecule has 1 aromatic heterocycles. The van der Waals surface area contributed by atoms with Crippen molar-refractivity contribution in [2.24, 2.45) is 16.7 Å². The van der Waals surface area contributed by atoms with Crippen molar-refractivity contribution in [3.05, 3.63) is 30.1 Å². The molecule has 0 saturated heterocycles. The third-order valence-electron chi connectivity index (χ3n) is 4.64. The van der Waals surface area contributed by atoms with Gasteiger partial charge in [0, 0.05) is 18.8 Å². The molecule has 1 heterocycles. The molecule has 1 aliphatic rings. The zero-order chi connectivity index (χ0) is 13.4. The van der Waals surface area contributed by atoms with Gasteiger partial charge in [0.15, 0.2) is 0 Å². The predicted octanol–water partition coefficient (Wildman–Crippen LogP) is 2.85. The van der Waals surface area contributed by atoms with Crippen molar-refractivity contribution in [3.63, 3.8) is 0 Å². The monoisotopic (exact) mass is 247 g/mol. The molecule has 0 spiro atoms. The zero-order valence-corrected chi connectivity index (χ0v) is 11.6. The first-order chi connectivity index (χ1) is 8.37. The van der Waals surface area contributed by atoms with Gasteiger partial charge in [-0.15, -0.1) is 0 Å². The van der Waals surface area contributed by atoms with Crippen LogP contribution in [-0.2, 0) is 16.0 Å². The highest BCUT2D eigenvalue weighted by Crippen LogP contribution is 2.68. The number of nitrogens with zero attached hydrogens (tertiary/aromatic N) is 1. The average Bonchev–Trinajstić information content (AvgIpc) is 2.70. The topological polar surface area (TPSA) is 39.2 Å². The van der Waals surface area contributed by atoms with E-state index in [1.807, 2.05) is 12.1 Å². The Morgan fingerprint density at radius 1 is 1.22 bits per heavy atom. The smallest absolute Gasteiger partial charge is 0.310 e. The molecular weight excluding hydrogens is 226 g/mol. The maximum atomic E-state index is 12.0. The second kappa shape index (κ2) is 4.38. The van der Waals surface area contributed by atoms with Gasteiger partial charge in [0.2, 0.25) is 0 Å². The largest absolute Gasteiger partial charge is 0.465 e. The average molecular weight is 247 g/mol. The predicted molar refractivity (Wildman–Crippen MR) is 70.0 cm³/mol. The summed E-state index contributed by atoms with van der Waals surface area (Å²) in [6.07, 6.45) is 4.26. The SMILES string of the molecule is CC1(C)C(C(=O)OCCc2ccncc2)C1(C)C. The first-order valence-electron chi connectivity index (χ1n) is 6.43. The molecule has 0 amide bonds. The molecule has 2 rings (SSSR count). The number of esters is 1. The van der Waals surface area contributed by atoms with Crippen molar-refractivity contribution < 1.29 is 9.53 Å². The van der Waals surface area contributed by atoms with Crippen molar-refractivity contribution in [2.75, 3.05) is 6.61 Å². The fraction of sp³-hybridized carbons (Fsp3) is 0.600. The Morgan fingerprint density at radius 3 is 2.28 bits per heavy atom. The quantitative estimate of drug-likeness (QED) is 0.768. The number of hydrogen-bond acceptors (Lipinski definition) is 3. The fourth-order valence-electron chi connectivity index (χ4n) is 2.69. The van der Waals surface area contributed by atoms with E-state index in [9.17, 15) is 4.79 Å². The second-order valence-electron chi connectivity index (χ2n) is 6.15. The summed E-state index contributed by atoms with van der Waals surface area (Å²) in [5, 5.41) is 0. The third-order valence-corrected chi connectivity index (χ3v) is 4.64. The molecule has 1 aliphatic carbocycles. The molecule has 0 radical (unpaired) electrons. The lowest BCUT2D eigenvalue weighted by molar-refractivity contribution is -0.146. The molecule has 1 saturated carbocycles. The van der Waals surface area contributed by atoms with Crippen LogP contribution in [-0.4, -0.2) is 17.6 Å². The minimum absolute atomic E-state index is 0.0300. The number of pyridine rings is 1. The van der Waals surface area contributed by atoms with Crippen molar-refractivity contribution in [3.8, 4) is 0 Å². The van der Waals surface area contributed by atoms with E-state index >= 15 is 0 Å². The molecule has 0 N–H and O–H groups in total. The minimum Gasteiger partial charge on any atom is -0.465 e. The van der Waals surface area contributed by atoms with E-state index in [-0.39, 0.29) is 22.7 Å². The summed E-state index contributed by atoms with van der Waals surface area (Å²) in [5.41, 5.74) is 1.26. The molecule has 3 nitrogen and oxygen atoms in total.